The van der Waals surface area contributed by atoms with Crippen LogP contribution in [-0.2, 0) is 0 Å². The largest absolute Gasteiger partial charge is 0.361 e. The Kier molecular flexibility index (Phi) is 1.89. The fourth-order valence-corrected chi connectivity index (χ4v) is 2.63. The van der Waals surface area contributed by atoms with Gasteiger partial charge in [-0.15, -0.1) is 11.3 Å². The van der Waals surface area contributed by atoms with E-state index < -0.39 is 0 Å². The molecule has 0 saturated heterocycles. The molecule has 3 aromatic rings. The molecule has 0 atom stereocenters. The van der Waals surface area contributed by atoms with E-state index in [4.69, 9.17) is 0 Å². The van der Waals surface area contributed by atoms with E-state index >= 15 is 0 Å². The van der Waals surface area contributed by atoms with Crippen LogP contribution in [0.3, 0.4) is 0 Å². The number of aromatic nitrogens is 1. The zero-order valence-electron chi connectivity index (χ0n) is 8.45. The third kappa shape index (κ3) is 1.38. The minimum Gasteiger partial charge on any atom is -0.361 e. The minimum atomic E-state index is 1.21. The summed E-state index contributed by atoms with van der Waals surface area (Å²) in [5.74, 6) is 0. The second-order valence-corrected chi connectivity index (χ2v) is 4.68. The lowest BCUT2D eigenvalue weighted by Gasteiger charge is -1.96. The SMILES string of the molecule is Cc1ccc2[nH]cc(-c3cccs3)c2c1. The van der Waals surface area contributed by atoms with Crippen molar-refractivity contribution < 1.29 is 0 Å². The molecule has 2 aromatic heterocycles. The summed E-state index contributed by atoms with van der Waals surface area (Å²) in [6.07, 6.45) is 2.09. The van der Waals surface area contributed by atoms with E-state index in [2.05, 4.69) is 53.8 Å². The fraction of sp³-hybridized carbons (Fsp3) is 0.0769. The monoisotopic (exact) mass is 213 g/mol. The van der Waals surface area contributed by atoms with E-state index in [9.17, 15) is 0 Å². The summed E-state index contributed by atoms with van der Waals surface area (Å²) in [5.41, 5.74) is 3.83. The Labute approximate surface area is 92.4 Å². The molecule has 74 valence electrons. The van der Waals surface area contributed by atoms with Crippen molar-refractivity contribution in [3.63, 3.8) is 0 Å². The van der Waals surface area contributed by atoms with Gasteiger partial charge in [-0.1, -0.05) is 17.7 Å². The van der Waals surface area contributed by atoms with Gasteiger partial charge in [0.25, 0.3) is 0 Å². The van der Waals surface area contributed by atoms with Crippen molar-refractivity contribution in [2.45, 2.75) is 6.92 Å². The van der Waals surface area contributed by atoms with Crippen molar-refractivity contribution in [1.29, 1.82) is 0 Å². The summed E-state index contributed by atoms with van der Waals surface area (Å²) < 4.78 is 0. The first-order chi connectivity index (χ1) is 7.34. The molecule has 3 rings (SSSR count). The van der Waals surface area contributed by atoms with Crippen LogP contribution in [-0.4, -0.2) is 4.98 Å². The van der Waals surface area contributed by atoms with Gasteiger partial charge in [-0.05, 0) is 30.5 Å². The predicted molar refractivity (Wildman–Crippen MR) is 66.3 cm³/mol. The lowest BCUT2D eigenvalue weighted by molar-refractivity contribution is 1.46. The molecule has 1 N–H and O–H groups in total. The van der Waals surface area contributed by atoms with Crippen LogP contribution in [0.2, 0.25) is 0 Å². The van der Waals surface area contributed by atoms with Gasteiger partial charge in [0.2, 0.25) is 0 Å². The molecule has 0 fully saturated rings. The summed E-state index contributed by atoms with van der Waals surface area (Å²) in [7, 11) is 0. The van der Waals surface area contributed by atoms with E-state index in [0.717, 1.165) is 0 Å². The molecule has 0 saturated carbocycles. The smallest absolute Gasteiger partial charge is 0.0460 e. The normalized spacial score (nSPS) is 11.0. The second kappa shape index (κ2) is 3.24. The van der Waals surface area contributed by atoms with Gasteiger partial charge in [-0.3, -0.25) is 0 Å². The van der Waals surface area contributed by atoms with Gasteiger partial charge in [-0.25, -0.2) is 0 Å². The number of fused-ring (bicyclic) bond motifs is 1. The molecule has 0 radical (unpaired) electrons. The summed E-state index contributed by atoms with van der Waals surface area (Å²) in [4.78, 5) is 4.64. The Morgan fingerprint density at radius 3 is 2.93 bits per heavy atom. The molecule has 0 bridgehead atoms. The Morgan fingerprint density at radius 1 is 1.20 bits per heavy atom. The predicted octanol–water partition coefficient (Wildman–Crippen LogP) is 4.20. The summed E-state index contributed by atoms with van der Waals surface area (Å²) in [6, 6.07) is 10.8. The number of thiophene rings is 1. The average Bonchev–Trinajstić information content (AvgIpc) is 2.83. The quantitative estimate of drug-likeness (QED) is 0.623. The minimum absolute atomic E-state index is 1.21. The van der Waals surface area contributed by atoms with Crippen LogP contribution < -0.4 is 0 Å². The van der Waals surface area contributed by atoms with Crippen LogP contribution in [0.5, 0.6) is 0 Å². The number of H-pyrrole nitrogens is 1. The second-order valence-electron chi connectivity index (χ2n) is 3.73. The third-order valence-corrected chi connectivity index (χ3v) is 3.53. The maximum atomic E-state index is 3.31. The van der Waals surface area contributed by atoms with Gasteiger partial charge < -0.3 is 4.98 Å². The highest BCUT2D eigenvalue weighted by Crippen LogP contribution is 2.32. The zero-order valence-corrected chi connectivity index (χ0v) is 9.27. The number of aromatic amines is 1. The van der Waals surface area contributed by atoms with Crippen LogP contribution >= 0.6 is 11.3 Å². The molecule has 2 heterocycles. The van der Waals surface area contributed by atoms with Crippen LogP contribution in [0.15, 0.2) is 41.9 Å². The molecule has 0 aliphatic carbocycles. The molecule has 0 unspecified atom stereocenters. The average molecular weight is 213 g/mol. The van der Waals surface area contributed by atoms with Gasteiger partial charge >= 0.3 is 0 Å². The molecule has 0 aliphatic heterocycles. The number of aryl methyl sites for hydroxylation is 1. The molecule has 1 aromatic carbocycles. The highest BCUT2D eigenvalue weighted by atomic mass is 32.1. The third-order valence-electron chi connectivity index (χ3n) is 2.62. The molecule has 0 amide bonds. The van der Waals surface area contributed by atoms with E-state index in [1.807, 2.05) is 0 Å². The van der Waals surface area contributed by atoms with Gasteiger partial charge in [0.15, 0.2) is 0 Å². The number of hydrogen-bond donors (Lipinski definition) is 1. The number of hydrogen-bond acceptors (Lipinski definition) is 1. The van der Waals surface area contributed by atoms with Crippen molar-refractivity contribution in [3.8, 4) is 10.4 Å². The molecular weight excluding hydrogens is 202 g/mol. The van der Waals surface area contributed by atoms with Crippen LogP contribution in [0.1, 0.15) is 5.56 Å². The lowest BCUT2D eigenvalue weighted by Crippen LogP contribution is -1.73. The highest BCUT2D eigenvalue weighted by molar-refractivity contribution is 7.13. The van der Waals surface area contributed by atoms with Gasteiger partial charge in [0, 0.05) is 27.5 Å². The maximum Gasteiger partial charge on any atom is 0.0460 e. The van der Waals surface area contributed by atoms with Crippen LogP contribution in [0, 0.1) is 6.92 Å². The van der Waals surface area contributed by atoms with E-state index in [1.54, 1.807) is 11.3 Å². The Bertz CT molecular complexity index is 590. The van der Waals surface area contributed by atoms with Crippen molar-refractivity contribution in [1.82, 2.24) is 4.98 Å². The molecular formula is C13H11NS. The van der Waals surface area contributed by atoms with Crippen molar-refractivity contribution in [3.05, 3.63) is 47.5 Å². The van der Waals surface area contributed by atoms with Gasteiger partial charge in [-0.2, -0.15) is 0 Å². The van der Waals surface area contributed by atoms with Gasteiger partial charge in [0.1, 0.15) is 0 Å². The maximum absolute atomic E-state index is 3.31. The zero-order chi connectivity index (χ0) is 10.3. The number of rotatable bonds is 1. The first-order valence-corrected chi connectivity index (χ1v) is 5.84. The number of benzene rings is 1. The van der Waals surface area contributed by atoms with Crippen molar-refractivity contribution >= 4 is 22.2 Å². The van der Waals surface area contributed by atoms with Crippen LogP contribution in [0.25, 0.3) is 21.3 Å². The molecule has 0 spiro atoms. The Hall–Kier alpha value is -1.54. The first kappa shape index (κ1) is 8.74. The summed E-state index contributed by atoms with van der Waals surface area (Å²) >= 11 is 1.78. The highest BCUT2D eigenvalue weighted by Gasteiger charge is 2.06. The van der Waals surface area contributed by atoms with Crippen molar-refractivity contribution in [2.24, 2.45) is 0 Å². The topological polar surface area (TPSA) is 15.8 Å². The summed E-state index contributed by atoms with van der Waals surface area (Å²) in [6.45, 7) is 2.13. The fourth-order valence-electron chi connectivity index (χ4n) is 1.87. The van der Waals surface area contributed by atoms with Gasteiger partial charge in [0.05, 0.1) is 0 Å². The lowest BCUT2D eigenvalue weighted by atomic mass is 10.1. The van der Waals surface area contributed by atoms with Crippen molar-refractivity contribution in [2.75, 3.05) is 0 Å². The first-order valence-electron chi connectivity index (χ1n) is 4.96. The van der Waals surface area contributed by atoms with E-state index in [0.29, 0.717) is 0 Å². The standard InChI is InChI=1S/C13H11NS/c1-9-4-5-12-10(7-9)11(8-14-12)13-3-2-6-15-13/h2-8,14H,1H3. The molecule has 0 aliphatic rings. The molecule has 2 heteroatoms. The molecule has 15 heavy (non-hydrogen) atoms. The van der Waals surface area contributed by atoms with E-state index in [-0.39, 0.29) is 0 Å². The Morgan fingerprint density at radius 2 is 2.13 bits per heavy atom. The van der Waals surface area contributed by atoms with E-state index in [1.165, 1.54) is 26.9 Å². The van der Waals surface area contributed by atoms with Crippen LogP contribution in [0.4, 0.5) is 0 Å². The molecule has 1 nitrogen and oxygen atoms in total. The summed E-state index contributed by atoms with van der Waals surface area (Å²) in [5, 5.41) is 3.43. The Balaban J connectivity index is 2.32. The number of nitrogens with one attached hydrogen (secondary N) is 1.